The van der Waals surface area contributed by atoms with Gasteiger partial charge in [-0.15, -0.1) is 0 Å². The molecule has 0 atom stereocenters. The number of amides is 1. The van der Waals surface area contributed by atoms with Crippen LogP contribution in [0.2, 0.25) is 0 Å². The first-order valence-electron chi connectivity index (χ1n) is 4.43. The van der Waals surface area contributed by atoms with Crippen molar-refractivity contribution >= 4 is 34.2 Å². The van der Waals surface area contributed by atoms with Crippen molar-refractivity contribution in [3.63, 3.8) is 0 Å². The van der Waals surface area contributed by atoms with Crippen molar-refractivity contribution in [1.82, 2.24) is 5.32 Å². The zero-order valence-electron chi connectivity index (χ0n) is 8.01. The van der Waals surface area contributed by atoms with Crippen molar-refractivity contribution in [3.8, 4) is 0 Å². The second-order valence-corrected chi connectivity index (χ2v) is 3.99. The zero-order valence-corrected chi connectivity index (χ0v) is 10.2. The van der Waals surface area contributed by atoms with Gasteiger partial charge in [0.05, 0.1) is 0 Å². The van der Waals surface area contributed by atoms with Crippen molar-refractivity contribution in [3.05, 3.63) is 27.8 Å². The summed E-state index contributed by atoms with van der Waals surface area (Å²) in [5.41, 5.74) is 1.08. The molecule has 3 nitrogen and oxygen atoms in total. The highest BCUT2D eigenvalue weighted by molar-refractivity contribution is 14.1. The van der Waals surface area contributed by atoms with Crippen LogP contribution in [0, 0.1) is 3.57 Å². The maximum atomic E-state index is 10.9. The van der Waals surface area contributed by atoms with Crippen LogP contribution in [0.5, 0.6) is 0 Å². The molecule has 76 valence electrons. The third-order valence-electron chi connectivity index (χ3n) is 1.82. The molecule has 2 N–H and O–H groups in total. The van der Waals surface area contributed by atoms with Crippen LogP contribution in [0.3, 0.4) is 0 Å². The molecular formula is C10H13IN2O. The summed E-state index contributed by atoms with van der Waals surface area (Å²) in [6.45, 7) is 0.666. The first kappa shape index (κ1) is 11.3. The van der Waals surface area contributed by atoms with Crippen LogP contribution in [-0.2, 0) is 4.79 Å². The molecule has 1 aromatic carbocycles. The molecule has 0 aliphatic rings. The van der Waals surface area contributed by atoms with Gasteiger partial charge in [0, 0.05) is 29.3 Å². The van der Waals surface area contributed by atoms with Gasteiger partial charge in [0.1, 0.15) is 0 Å². The Kier molecular flexibility index (Phi) is 4.72. The molecule has 0 unspecified atom stereocenters. The maximum absolute atomic E-state index is 10.9. The lowest BCUT2D eigenvalue weighted by molar-refractivity contribution is -0.120. The van der Waals surface area contributed by atoms with E-state index in [9.17, 15) is 4.79 Å². The molecule has 0 saturated carbocycles. The highest BCUT2D eigenvalue weighted by Gasteiger charge is 1.99. The van der Waals surface area contributed by atoms with E-state index in [1.165, 1.54) is 3.57 Å². The van der Waals surface area contributed by atoms with E-state index in [4.69, 9.17) is 0 Å². The van der Waals surface area contributed by atoms with E-state index in [-0.39, 0.29) is 5.91 Å². The number of nitrogens with one attached hydrogen (secondary N) is 2. The van der Waals surface area contributed by atoms with Gasteiger partial charge in [-0.2, -0.15) is 0 Å². The zero-order chi connectivity index (χ0) is 10.4. The topological polar surface area (TPSA) is 41.1 Å². The van der Waals surface area contributed by atoms with Crippen molar-refractivity contribution < 1.29 is 4.79 Å². The standard InChI is InChI=1S/C10H13IN2O/c1-12-10(14)6-7-13-9-5-3-2-4-8(9)11/h2-5,13H,6-7H2,1H3,(H,12,14). The third kappa shape index (κ3) is 3.53. The second-order valence-electron chi connectivity index (χ2n) is 2.83. The Labute approximate surface area is 97.4 Å². The number of para-hydroxylation sites is 1. The molecule has 1 aromatic rings. The number of halogens is 1. The minimum Gasteiger partial charge on any atom is -0.384 e. The smallest absolute Gasteiger partial charge is 0.221 e. The first-order chi connectivity index (χ1) is 6.74. The predicted molar refractivity (Wildman–Crippen MR) is 66.3 cm³/mol. The normalized spacial score (nSPS) is 9.57. The van der Waals surface area contributed by atoms with E-state index in [0.717, 1.165) is 5.69 Å². The van der Waals surface area contributed by atoms with Crippen molar-refractivity contribution in [2.75, 3.05) is 18.9 Å². The SMILES string of the molecule is CNC(=O)CCNc1ccccc1I. The summed E-state index contributed by atoms with van der Waals surface area (Å²) in [5.74, 6) is 0.0587. The Morgan fingerprint density at radius 2 is 2.14 bits per heavy atom. The third-order valence-corrected chi connectivity index (χ3v) is 2.76. The Bertz CT molecular complexity index is 315. The molecule has 0 bridgehead atoms. The van der Waals surface area contributed by atoms with Crippen molar-refractivity contribution in [2.24, 2.45) is 0 Å². The molecule has 0 aromatic heterocycles. The number of carbonyl (C=O) groups excluding carboxylic acids is 1. The van der Waals surface area contributed by atoms with Crippen LogP contribution in [0.25, 0.3) is 0 Å². The summed E-state index contributed by atoms with van der Waals surface area (Å²) in [6.07, 6.45) is 0.501. The average molecular weight is 304 g/mol. The van der Waals surface area contributed by atoms with Crippen LogP contribution in [0.1, 0.15) is 6.42 Å². The quantitative estimate of drug-likeness (QED) is 0.834. The molecule has 0 fully saturated rings. The van der Waals surface area contributed by atoms with Gasteiger partial charge in [0.25, 0.3) is 0 Å². The number of anilines is 1. The Balaban J connectivity index is 2.39. The molecule has 0 radical (unpaired) electrons. The molecule has 0 saturated heterocycles. The van der Waals surface area contributed by atoms with Crippen LogP contribution in [0.15, 0.2) is 24.3 Å². The summed E-state index contributed by atoms with van der Waals surface area (Å²) in [6, 6.07) is 8.00. The minimum absolute atomic E-state index is 0.0587. The molecule has 14 heavy (non-hydrogen) atoms. The molecule has 0 heterocycles. The summed E-state index contributed by atoms with van der Waals surface area (Å²) < 4.78 is 1.17. The van der Waals surface area contributed by atoms with Crippen molar-refractivity contribution in [2.45, 2.75) is 6.42 Å². The summed E-state index contributed by atoms with van der Waals surface area (Å²) >= 11 is 2.26. The van der Waals surface area contributed by atoms with E-state index >= 15 is 0 Å². The number of rotatable bonds is 4. The van der Waals surface area contributed by atoms with Crippen LogP contribution in [-0.4, -0.2) is 19.5 Å². The van der Waals surface area contributed by atoms with Crippen LogP contribution in [0.4, 0.5) is 5.69 Å². The second kappa shape index (κ2) is 5.85. The summed E-state index contributed by atoms with van der Waals surface area (Å²) in [4.78, 5) is 10.9. The largest absolute Gasteiger partial charge is 0.384 e. The first-order valence-corrected chi connectivity index (χ1v) is 5.51. The van der Waals surface area contributed by atoms with E-state index in [0.29, 0.717) is 13.0 Å². The molecule has 0 spiro atoms. The number of benzene rings is 1. The van der Waals surface area contributed by atoms with Crippen molar-refractivity contribution in [1.29, 1.82) is 0 Å². The fourth-order valence-electron chi connectivity index (χ4n) is 1.04. The maximum Gasteiger partial charge on any atom is 0.221 e. The Hall–Kier alpha value is -0.780. The van der Waals surface area contributed by atoms with Gasteiger partial charge in [0.15, 0.2) is 0 Å². The fourth-order valence-corrected chi connectivity index (χ4v) is 1.62. The van der Waals surface area contributed by atoms with Gasteiger partial charge in [0.2, 0.25) is 5.91 Å². The number of carbonyl (C=O) groups is 1. The lowest BCUT2D eigenvalue weighted by atomic mass is 10.3. The lowest BCUT2D eigenvalue weighted by Gasteiger charge is -2.07. The van der Waals surface area contributed by atoms with E-state index in [1.54, 1.807) is 7.05 Å². The highest BCUT2D eigenvalue weighted by Crippen LogP contribution is 2.16. The van der Waals surface area contributed by atoms with Gasteiger partial charge in [-0.3, -0.25) is 4.79 Å². The van der Waals surface area contributed by atoms with E-state index < -0.39 is 0 Å². The minimum atomic E-state index is 0.0587. The van der Waals surface area contributed by atoms with Crippen LogP contribution < -0.4 is 10.6 Å². The van der Waals surface area contributed by atoms with Gasteiger partial charge in [-0.25, -0.2) is 0 Å². The Morgan fingerprint density at radius 3 is 2.79 bits per heavy atom. The monoisotopic (exact) mass is 304 g/mol. The molecular weight excluding hydrogens is 291 g/mol. The van der Waals surface area contributed by atoms with Gasteiger partial charge >= 0.3 is 0 Å². The van der Waals surface area contributed by atoms with Crippen LogP contribution >= 0.6 is 22.6 Å². The fraction of sp³-hybridized carbons (Fsp3) is 0.300. The molecule has 0 aliphatic carbocycles. The Morgan fingerprint density at radius 1 is 1.43 bits per heavy atom. The average Bonchev–Trinajstić information content (AvgIpc) is 2.20. The van der Waals surface area contributed by atoms with E-state index in [2.05, 4.69) is 33.2 Å². The van der Waals surface area contributed by atoms with Gasteiger partial charge < -0.3 is 10.6 Å². The molecule has 0 aliphatic heterocycles. The number of hydrogen-bond acceptors (Lipinski definition) is 2. The molecule has 1 amide bonds. The molecule has 4 heteroatoms. The lowest BCUT2D eigenvalue weighted by Crippen LogP contribution is -2.20. The highest BCUT2D eigenvalue weighted by atomic mass is 127. The summed E-state index contributed by atoms with van der Waals surface area (Å²) in [5, 5.41) is 5.79. The van der Waals surface area contributed by atoms with Gasteiger partial charge in [-0.1, -0.05) is 12.1 Å². The van der Waals surface area contributed by atoms with Gasteiger partial charge in [-0.05, 0) is 34.7 Å². The summed E-state index contributed by atoms with van der Waals surface area (Å²) in [7, 11) is 1.65. The number of hydrogen-bond donors (Lipinski definition) is 2. The predicted octanol–water partition coefficient (Wildman–Crippen LogP) is 1.84. The van der Waals surface area contributed by atoms with E-state index in [1.807, 2.05) is 24.3 Å². The molecule has 1 rings (SSSR count).